The highest BCUT2D eigenvalue weighted by Gasteiger charge is 2.21. The highest BCUT2D eigenvalue weighted by Crippen LogP contribution is 2.20. The second-order valence-corrected chi connectivity index (χ2v) is 6.69. The zero-order chi connectivity index (χ0) is 13.5. The third-order valence-corrected chi connectivity index (χ3v) is 4.78. The van der Waals surface area contributed by atoms with Crippen molar-refractivity contribution in [3.8, 4) is 0 Å². The highest BCUT2D eigenvalue weighted by molar-refractivity contribution is 4.77. The van der Waals surface area contributed by atoms with Crippen LogP contribution in [0.15, 0.2) is 0 Å². The molecule has 0 bridgehead atoms. The minimum Gasteiger partial charge on any atom is -0.392 e. The first kappa shape index (κ1) is 15.3. The molecule has 112 valence electrons. The molecule has 1 saturated carbocycles. The van der Waals surface area contributed by atoms with Crippen LogP contribution in [0.5, 0.6) is 0 Å². The Morgan fingerprint density at radius 3 is 2.26 bits per heavy atom. The second kappa shape index (κ2) is 8.23. The smallest absolute Gasteiger partial charge is 0.0639 e. The number of hydrogen-bond acceptors (Lipinski definition) is 3. The molecule has 2 rings (SSSR count). The molecule has 0 aromatic carbocycles. The van der Waals surface area contributed by atoms with Gasteiger partial charge < -0.3 is 15.3 Å². The maximum absolute atomic E-state index is 9.42. The van der Waals surface area contributed by atoms with Gasteiger partial charge in [0.1, 0.15) is 0 Å². The van der Waals surface area contributed by atoms with Gasteiger partial charge in [-0.2, -0.15) is 0 Å². The largest absolute Gasteiger partial charge is 0.392 e. The van der Waals surface area contributed by atoms with E-state index in [9.17, 15) is 5.11 Å². The number of nitrogens with one attached hydrogen (secondary N) is 1. The monoisotopic (exact) mass is 268 g/mol. The average Bonchev–Trinajstić information content (AvgIpc) is 2.66. The van der Waals surface area contributed by atoms with Crippen molar-refractivity contribution in [2.45, 2.75) is 70.4 Å². The molecule has 0 spiro atoms. The number of hydrogen-bond donors (Lipinski definition) is 2. The maximum atomic E-state index is 9.42. The van der Waals surface area contributed by atoms with Crippen LogP contribution in [0.1, 0.15) is 58.3 Å². The summed E-state index contributed by atoms with van der Waals surface area (Å²) >= 11 is 0. The lowest BCUT2D eigenvalue weighted by atomic mass is 9.95. The zero-order valence-electron chi connectivity index (χ0n) is 12.6. The van der Waals surface area contributed by atoms with E-state index >= 15 is 0 Å². The van der Waals surface area contributed by atoms with Gasteiger partial charge in [0.05, 0.1) is 6.10 Å². The quantitative estimate of drug-likeness (QED) is 0.752. The van der Waals surface area contributed by atoms with Crippen molar-refractivity contribution < 1.29 is 5.11 Å². The lowest BCUT2D eigenvalue weighted by Gasteiger charge is -2.33. The first-order valence-electron chi connectivity index (χ1n) is 8.38. The Balaban J connectivity index is 1.59. The number of β-amino-alcohol motifs (C(OH)–C–C–N with tert-alkyl or cyclic N) is 1. The molecule has 1 atom stereocenters. The first-order chi connectivity index (χ1) is 9.24. The summed E-state index contributed by atoms with van der Waals surface area (Å²) in [5.74, 6) is 0.855. The van der Waals surface area contributed by atoms with E-state index < -0.39 is 0 Å². The van der Waals surface area contributed by atoms with Crippen LogP contribution >= 0.6 is 0 Å². The number of nitrogens with zero attached hydrogens (tertiary/aromatic N) is 1. The van der Waals surface area contributed by atoms with E-state index in [0.29, 0.717) is 0 Å². The molecule has 2 N–H and O–H groups in total. The molecule has 2 fully saturated rings. The Hall–Kier alpha value is -0.120. The van der Waals surface area contributed by atoms with Gasteiger partial charge in [-0.05, 0) is 58.2 Å². The zero-order valence-corrected chi connectivity index (χ0v) is 12.6. The minimum absolute atomic E-state index is 0.180. The van der Waals surface area contributed by atoms with E-state index in [1.165, 1.54) is 71.0 Å². The molecular weight excluding hydrogens is 236 g/mol. The van der Waals surface area contributed by atoms with E-state index in [4.69, 9.17) is 0 Å². The summed E-state index contributed by atoms with van der Waals surface area (Å²) in [6.45, 7) is 6.29. The summed E-state index contributed by atoms with van der Waals surface area (Å²) < 4.78 is 0. The minimum atomic E-state index is -0.180. The predicted molar refractivity (Wildman–Crippen MR) is 80.3 cm³/mol. The van der Waals surface area contributed by atoms with Crippen LogP contribution in [0.2, 0.25) is 0 Å². The molecule has 2 aliphatic rings. The van der Waals surface area contributed by atoms with Gasteiger partial charge in [-0.1, -0.05) is 25.7 Å². The van der Waals surface area contributed by atoms with E-state index in [-0.39, 0.29) is 6.10 Å². The van der Waals surface area contributed by atoms with Crippen molar-refractivity contribution >= 4 is 0 Å². The van der Waals surface area contributed by atoms with E-state index in [2.05, 4.69) is 10.2 Å². The Labute approximate surface area is 118 Å². The maximum Gasteiger partial charge on any atom is 0.0639 e. The summed E-state index contributed by atoms with van der Waals surface area (Å²) in [7, 11) is 0. The first-order valence-corrected chi connectivity index (χ1v) is 8.38. The van der Waals surface area contributed by atoms with Crippen molar-refractivity contribution in [3.05, 3.63) is 0 Å². The van der Waals surface area contributed by atoms with Gasteiger partial charge in [-0.15, -0.1) is 0 Å². The van der Waals surface area contributed by atoms with Crippen molar-refractivity contribution in [2.75, 3.05) is 26.2 Å². The molecule has 0 unspecified atom stereocenters. The van der Waals surface area contributed by atoms with E-state index in [1.54, 1.807) is 0 Å². The van der Waals surface area contributed by atoms with Gasteiger partial charge in [0.15, 0.2) is 0 Å². The number of rotatable bonds is 5. The molecule has 0 amide bonds. The summed E-state index contributed by atoms with van der Waals surface area (Å²) in [6, 6.07) is 0.790. The molecular formula is C16H32N2O. The van der Waals surface area contributed by atoms with Crippen molar-refractivity contribution in [2.24, 2.45) is 5.92 Å². The fourth-order valence-corrected chi connectivity index (χ4v) is 3.56. The summed E-state index contributed by atoms with van der Waals surface area (Å²) in [4.78, 5) is 2.41. The Bertz CT molecular complexity index is 229. The summed E-state index contributed by atoms with van der Waals surface area (Å²) in [5, 5.41) is 13.2. The van der Waals surface area contributed by atoms with Crippen LogP contribution < -0.4 is 5.32 Å². The number of aliphatic hydroxyl groups excluding tert-OH is 1. The van der Waals surface area contributed by atoms with Crippen LogP contribution in [0.3, 0.4) is 0 Å². The molecule has 19 heavy (non-hydrogen) atoms. The topological polar surface area (TPSA) is 35.5 Å². The second-order valence-electron chi connectivity index (χ2n) is 6.69. The SMILES string of the molecule is C[C@H](O)CN1CCC(CNC2CCCCCC2)CC1. The third kappa shape index (κ3) is 5.80. The molecule has 0 aromatic rings. The van der Waals surface area contributed by atoms with E-state index in [1.807, 2.05) is 6.92 Å². The van der Waals surface area contributed by atoms with Gasteiger partial charge in [-0.3, -0.25) is 0 Å². The standard InChI is InChI=1S/C16H32N2O/c1-14(19)13-18-10-8-15(9-11-18)12-17-16-6-4-2-3-5-7-16/h14-17,19H,2-13H2,1H3/t14-/m0/s1. The molecule has 1 heterocycles. The Morgan fingerprint density at radius 1 is 1.05 bits per heavy atom. The molecule has 1 aliphatic carbocycles. The van der Waals surface area contributed by atoms with Crippen LogP contribution in [-0.2, 0) is 0 Å². The Morgan fingerprint density at radius 2 is 1.68 bits per heavy atom. The molecule has 3 nitrogen and oxygen atoms in total. The lowest BCUT2D eigenvalue weighted by Crippen LogP contribution is -2.41. The van der Waals surface area contributed by atoms with Crippen molar-refractivity contribution in [1.82, 2.24) is 10.2 Å². The van der Waals surface area contributed by atoms with Crippen molar-refractivity contribution in [1.29, 1.82) is 0 Å². The molecule has 1 saturated heterocycles. The van der Waals surface area contributed by atoms with Gasteiger partial charge in [0, 0.05) is 12.6 Å². The normalized spacial score (nSPS) is 26.2. The highest BCUT2D eigenvalue weighted by atomic mass is 16.3. The van der Waals surface area contributed by atoms with E-state index in [0.717, 1.165) is 18.5 Å². The number of aliphatic hydroxyl groups is 1. The summed E-state index contributed by atoms with van der Waals surface area (Å²) in [5.41, 5.74) is 0. The van der Waals surface area contributed by atoms with Crippen molar-refractivity contribution in [3.63, 3.8) is 0 Å². The lowest BCUT2D eigenvalue weighted by molar-refractivity contribution is 0.0992. The molecule has 1 aliphatic heterocycles. The van der Waals surface area contributed by atoms with Gasteiger partial charge in [-0.25, -0.2) is 0 Å². The Kier molecular flexibility index (Phi) is 6.62. The van der Waals surface area contributed by atoms with Crippen LogP contribution in [-0.4, -0.2) is 48.3 Å². The van der Waals surface area contributed by atoms with Gasteiger partial charge in [0.2, 0.25) is 0 Å². The third-order valence-electron chi connectivity index (χ3n) is 4.78. The number of likely N-dealkylation sites (tertiary alicyclic amines) is 1. The fourth-order valence-electron chi connectivity index (χ4n) is 3.56. The molecule has 3 heteroatoms. The average molecular weight is 268 g/mol. The fraction of sp³-hybridized carbons (Fsp3) is 1.00. The van der Waals surface area contributed by atoms with Crippen LogP contribution in [0, 0.1) is 5.92 Å². The molecule has 0 radical (unpaired) electrons. The van der Waals surface area contributed by atoms with Gasteiger partial charge in [0.25, 0.3) is 0 Å². The van der Waals surface area contributed by atoms with Crippen LogP contribution in [0.25, 0.3) is 0 Å². The predicted octanol–water partition coefficient (Wildman–Crippen LogP) is 2.39. The summed E-state index contributed by atoms with van der Waals surface area (Å²) in [6.07, 6.45) is 10.9. The number of piperidine rings is 1. The van der Waals surface area contributed by atoms with Gasteiger partial charge >= 0.3 is 0 Å². The van der Waals surface area contributed by atoms with Crippen LogP contribution in [0.4, 0.5) is 0 Å². The molecule has 0 aromatic heterocycles.